The normalized spacial score (nSPS) is 27.4. The van der Waals surface area contributed by atoms with Crippen LogP contribution >= 0.6 is 11.3 Å². The van der Waals surface area contributed by atoms with Gasteiger partial charge in [0.15, 0.2) is 0 Å². The molecule has 0 radical (unpaired) electrons. The lowest BCUT2D eigenvalue weighted by Crippen LogP contribution is -2.26. The van der Waals surface area contributed by atoms with Crippen LogP contribution in [0.5, 0.6) is 0 Å². The van der Waals surface area contributed by atoms with E-state index in [1.165, 1.54) is 23.4 Å². The molecule has 15 heavy (non-hydrogen) atoms. The molecule has 1 saturated heterocycles. The molecule has 2 aliphatic rings. The topological polar surface area (TPSA) is 42.1 Å². The van der Waals surface area contributed by atoms with Gasteiger partial charge >= 0.3 is 0 Å². The molecule has 0 unspecified atom stereocenters. The number of nitrogens with two attached hydrogens (primary N) is 1. The molecular formula is C11H17N3S. The van der Waals surface area contributed by atoms with Crippen LogP contribution in [0.25, 0.3) is 0 Å². The summed E-state index contributed by atoms with van der Waals surface area (Å²) in [7, 11) is 0. The Labute approximate surface area is 94.3 Å². The van der Waals surface area contributed by atoms with Crippen molar-refractivity contribution in [2.45, 2.75) is 37.8 Å². The maximum Gasteiger partial charge on any atom is 0.0798 e. The molecule has 2 fully saturated rings. The maximum absolute atomic E-state index is 5.91. The van der Waals surface area contributed by atoms with Crippen LogP contribution in [-0.2, 0) is 6.54 Å². The molecule has 0 aromatic carbocycles. The van der Waals surface area contributed by atoms with Crippen molar-refractivity contribution in [3.8, 4) is 0 Å². The van der Waals surface area contributed by atoms with E-state index in [0.717, 1.165) is 32.0 Å². The van der Waals surface area contributed by atoms with Gasteiger partial charge in [0, 0.05) is 36.5 Å². The smallest absolute Gasteiger partial charge is 0.0798 e. The lowest BCUT2D eigenvalue weighted by Gasteiger charge is -2.14. The summed E-state index contributed by atoms with van der Waals surface area (Å²) in [5.74, 6) is 0.780. The molecule has 3 nitrogen and oxygen atoms in total. The lowest BCUT2D eigenvalue weighted by atomic mass is 10.2. The number of thiazole rings is 1. The minimum atomic E-state index is 0.391. The molecule has 1 aliphatic heterocycles. The fraction of sp³-hybridized carbons (Fsp3) is 0.727. The van der Waals surface area contributed by atoms with E-state index in [-0.39, 0.29) is 0 Å². The van der Waals surface area contributed by atoms with Crippen molar-refractivity contribution in [1.29, 1.82) is 0 Å². The molecule has 1 atom stereocenters. The van der Waals surface area contributed by atoms with Crippen molar-refractivity contribution >= 4 is 11.3 Å². The number of rotatable bonds is 3. The average molecular weight is 223 g/mol. The lowest BCUT2D eigenvalue weighted by molar-refractivity contribution is 0.328. The second-order valence-corrected chi connectivity index (χ2v) is 5.66. The highest BCUT2D eigenvalue weighted by molar-refractivity contribution is 7.09. The Bertz CT molecular complexity index is 345. The fourth-order valence-corrected chi connectivity index (χ4v) is 3.19. The van der Waals surface area contributed by atoms with Crippen molar-refractivity contribution in [2.75, 3.05) is 13.1 Å². The maximum atomic E-state index is 5.91. The first-order valence-electron chi connectivity index (χ1n) is 5.73. The van der Waals surface area contributed by atoms with Crippen LogP contribution in [0.3, 0.4) is 0 Å². The van der Waals surface area contributed by atoms with Crippen LogP contribution in [0.2, 0.25) is 0 Å². The van der Waals surface area contributed by atoms with Crippen LogP contribution in [0.15, 0.2) is 5.51 Å². The Hall–Kier alpha value is -0.450. The summed E-state index contributed by atoms with van der Waals surface area (Å²) in [6.45, 7) is 3.29. The predicted octanol–water partition coefficient (Wildman–Crippen LogP) is 1.55. The summed E-state index contributed by atoms with van der Waals surface area (Å²) < 4.78 is 0. The van der Waals surface area contributed by atoms with Gasteiger partial charge in [0.05, 0.1) is 11.2 Å². The Balaban J connectivity index is 1.68. The van der Waals surface area contributed by atoms with Gasteiger partial charge in [-0.25, -0.2) is 4.98 Å². The quantitative estimate of drug-likeness (QED) is 0.845. The Morgan fingerprint density at radius 2 is 2.33 bits per heavy atom. The first kappa shape index (κ1) is 9.75. The van der Waals surface area contributed by atoms with E-state index >= 15 is 0 Å². The van der Waals surface area contributed by atoms with Crippen LogP contribution in [0, 0.1) is 0 Å². The molecule has 4 heteroatoms. The van der Waals surface area contributed by atoms with E-state index in [1.807, 2.05) is 16.8 Å². The summed E-state index contributed by atoms with van der Waals surface area (Å²) in [6, 6.07) is 0.391. The second kappa shape index (κ2) is 3.85. The van der Waals surface area contributed by atoms with Gasteiger partial charge in [-0.1, -0.05) is 0 Å². The number of hydrogen-bond donors (Lipinski definition) is 1. The van der Waals surface area contributed by atoms with Gasteiger partial charge in [-0.05, 0) is 19.3 Å². The highest BCUT2D eigenvalue weighted by Crippen LogP contribution is 2.42. The molecule has 1 aliphatic carbocycles. The fourth-order valence-electron chi connectivity index (χ4n) is 2.30. The van der Waals surface area contributed by atoms with E-state index < -0.39 is 0 Å². The SMILES string of the molecule is N[C@H]1CCN(Cc2scnc2C2CC2)C1. The van der Waals surface area contributed by atoms with Gasteiger partial charge in [0.1, 0.15) is 0 Å². The highest BCUT2D eigenvalue weighted by atomic mass is 32.1. The van der Waals surface area contributed by atoms with E-state index in [2.05, 4.69) is 9.88 Å². The molecule has 1 saturated carbocycles. The number of hydrogen-bond acceptors (Lipinski definition) is 4. The van der Waals surface area contributed by atoms with Gasteiger partial charge in [0.2, 0.25) is 0 Å². The van der Waals surface area contributed by atoms with Crippen molar-refractivity contribution in [1.82, 2.24) is 9.88 Å². The molecule has 2 N–H and O–H groups in total. The predicted molar refractivity (Wildman–Crippen MR) is 62.0 cm³/mol. The van der Waals surface area contributed by atoms with Crippen LogP contribution < -0.4 is 5.73 Å². The summed E-state index contributed by atoms with van der Waals surface area (Å²) in [4.78, 5) is 8.44. The Morgan fingerprint density at radius 3 is 3.00 bits per heavy atom. The second-order valence-electron chi connectivity index (χ2n) is 4.72. The summed E-state index contributed by atoms with van der Waals surface area (Å²) >= 11 is 1.81. The van der Waals surface area contributed by atoms with Crippen LogP contribution in [-0.4, -0.2) is 29.0 Å². The van der Waals surface area contributed by atoms with Gasteiger partial charge in [-0.3, -0.25) is 4.90 Å². The van der Waals surface area contributed by atoms with Gasteiger partial charge in [0.25, 0.3) is 0 Å². The average Bonchev–Trinajstić information content (AvgIpc) is 2.83. The molecule has 0 spiro atoms. The highest BCUT2D eigenvalue weighted by Gasteiger charge is 2.29. The zero-order valence-electron chi connectivity index (χ0n) is 8.85. The Morgan fingerprint density at radius 1 is 1.47 bits per heavy atom. The third-order valence-corrected chi connectivity index (χ3v) is 4.15. The van der Waals surface area contributed by atoms with E-state index in [0.29, 0.717) is 6.04 Å². The third-order valence-electron chi connectivity index (χ3n) is 3.31. The molecular weight excluding hydrogens is 206 g/mol. The van der Waals surface area contributed by atoms with E-state index in [9.17, 15) is 0 Å². The summed E-state index contributed by atoms with van der Waals surface area (Å²) in [6.07, 6.45) is 3.84. The molecule has 1 aromatic heterocycles. The van der Waals surface area contributed by atoms with Crippen molar-refractivity contribution in [2.24, 2.45) is 5.73 Å². The molecule has 1 aromatic rings. The van der Waals surface area contributed by atoms with Crippen molar-refractivity contribution < 1.29 is 0 Å². The van der Waals surface area contributed by atoms with Crippen molar-refractivity contribution in [3.63, 3.8) is 0 Å². The first-order chi connectivity index (χ1) is 7.33. The first-order valence-corrected chi connectivity index (χ1v) is 6.61. The minimum absolute atomic E-state index is 0.391. The Kier molecular flexibility index (Phi) is 2.50. The van der Waals surface area contributed by atoms with E-state index in [4.69, 9.17) is 5.73 Å². The monoisotopic (exact) mass is 223 g/mol. The molecule has 3 rings (SSSR count). The summed E-state index contributed by atoms with van der Waals surface area (Å²) in [5.41, 5.74) is 9.28. The molecule has 82 valence electrons. The van der Waals surface area contributed by atoms with Crippen LogP contribution in [0.4, 0.5) is 0 Å². The third kappa shape index (κ3) is 2.07. The number of aromatic nitrogens is 1. The number of nitrogens with zero attached hydrogens (tertiary/aromatic N) is 2. The van der Waals surface area contributed by atoms with Crippen LogP contribution in [0.1, 0.15) is 35.8 Å². The van der Waals surface area contributed by atoms with E-state index in [1.54, 1.807) is 0 Å². The molecule has 2 heterocycles. The minimum Gasteiger partial charge on any atom is -0.326 e. The zero-order chi connectivity index (χ0) is 10.3. The largest absolute Gasteiger partial charge is 0.326 e. The number of likely N-dealkylation sites (tertiary alicyclic amines) is 1. The van der Waals surface area contributed by atoms with Gasteiger partial charge in [-0.2, -0.15) is 0 Å². The van der Waals surface area contributed by atoms with Gasteiger partial charge in [-0.15, -0.1) is 11.3 Å². The molecule has 0 amide bonds. The zero-order valence-corrected chi connectivity index (χ0v) is 9.67. The van der Waals surface area contributed by atoms with Gasteiger partial charge < -0.3 is 5.73 Å². The molecule has 0 bridgehead atoms. The summed E-state index contributed by atoms with van der Waals surface area (Å²) in [5, 5.41) is 0. The standard InChI is InChI=1S/C11H17N3S/c12-9-3-4-14(5-9)6-10-11(8-1-2-8)13-7-15-10/h7-9H,1-6,12H2/t9-/m0/s1. The van der Waals surface area contributed by atoms with Crippen molar-refractivity contribution in [3.05, 3.63) is 16.1 Å².